The average Bonchev–Trinajstić information content (AvgIpc) is 2.66. The first-order valence-corrected chi connectivity index (χ1v) is 7.11. The fraction of sp³-hybridized carbons (Fsp3) is 0.800. The maximum absolute atomic E-state index is 11.8. The van der Waals surface area contributed by atoms with Crippen LogP contribution in [0.4, 0.5) is 0 Å². The Morgan fingerprint density at radius 2 is 2.11 bits per heavy atom. The van der Waals surface area contributed by atoms with E-state index in [1.165, 1.54) is 0 Å². The molecule has 6 atom stereocenters. The Morgan fingerprint density at radius 3 is 2.79 bits per heavy atom. The maximum atomic E-state index is 11.8. The van der Waals surface area contributed by atoms with Crippen molar-refractivity contribution < 1.29 is 19.7 Å². The molecule has 0 aromatic heterocycles. The molecule has 1 saturated heterocycles. The van der Waals surface area contributed by atoms with Crippen LogP contribution < -0.4 is 0 Å². The summed E-state index contributed by atoms with van der Waals surface area (Å²) in [5.41, 5.74) is -1.24. The fourth-order valence-corrected chi connectivity index (χ4v) is 4.38. The lowest BCUT2D eigenvalue weighted by atomic mass is 9.51. The molecule has 3 rings (SSSR count). The van der Waals surface area contributed by atoms with Gasteiger partial charge in [0.05, 0.1) is 12.0 Å². The van der Waals surface area contributed by atoms with Crippen molar-refractivity contribution in [3.63, 3.8) is 0 Å². The molecule has 0 bridgehead atoms. The van der Waals surface area contributed by atoms with Gasteiger partial charge in [0, 0.05) is 11.3 Å². The molecule has 106 valence electrons. The normalized spacial score (nSPS) is 53.5. The predicted molar refractivity (Wildman–Crippen MR) is 69.2 cm³/mol. The Morgan fingerprint density at radius 1 is 1.42 bits per heavy atom. The van der Waals surface area contributed by atoms with Crippen LogP contribution in [0.3, 0.4) is 0 Å². The van der Waals surface area contributed by atoms with E-state index in [4.69, 9.17) is 4.74 Å². The van der Waals surface area contributed by atoms with E-state index in [0.29, 0.717) is 24.8 Å². The maximum Gasteiger partial charge on any atom is 0.309 e. The van der Waals surface area contributed by atoms with E-state index < -0.39 is 23.2 Å². The molecule has 1 aliphatic heterocycles. The third kappa shape index (κ3) is 1.39. The van der Waals surface area contributed by atoms with E-state index in [2.05, 4.69) is 6.58 Å². The van der Waals surface area contributed by atoms with E-state index in [-0.39, 0.29) is 17.8 Å². The SMILES string of the molecule is C=C1CC[C@H](O)[C@@]2(C)CC[C@@H]3[C@@H](OC(=O)[C@@H]3C)[C@]12O. The summed E-state index contributed by atoms with van der Waals surface area (Å²) in [7, 11) is 0. The summed E-state index contributed by atoms with van der Waals surface area (Å²) in [5, 5.41) is 21.6. The minimum absolute atomic E-state index is 0.0348. The summed E-state index contributed by atoms with van der Waals surface area (Å²) in [4.78, 5) is 11.8. The quantitative estimate of drug-likeness (QED) is 0.514. The fourth-order valence-electron chi connectivity index (χ4n) is 4.38. The zero-order valence-corrected chi connectivity index (χ0v) is 11.6. The van der Waals surface area contributed by atoms with E-state index in [9.17, 15) is 15.0 Å². The van der Waals surface area contributed by atoms with Crippen molar-refractivity contribution in [3.05, 3.63) is 12.2 Å². The van der Waals surface area contributed by atoms with Crippen LogP contribution in [0.15, 0.2) is 12.2 Å². The van der Waals surface area contributed by atoms with E-state index in [1.807, 2.05) is 13.8 Å². The molecule has 3 fully saturated rings. The highest BCUT2D eigenvalue weighted by molar-refractivity contribution is 5.75. The van der Waals surface area contributed by atoms with Gasteiger partial charge >= 0.3 is 5.97 Å². The van der Waals surface area contributed by atoms with Gasteiger partial charge in [0.25, 0.3) is 0 Å². The molecule has 0 unspecified atom stereocenters. The van der Waals surface area contributed by atoms with Gasteiger partial charge in [0.1, 0.15) is 11.7 Å². The van der Waals surface area contributed by atoms with Crippen molar-refractivity contribution in [1.82, 2.24) is 0 Å². The highest BCUT2D eigenvalue weighted by Crippen LogP contribution is 2.59. The molecule has 4 heteroatoms. The molecular weight excluding hydrogens is 244 g/mol. The van der Waals surface area contributed by atoms with E-state index in [1.54, 1.807) is 0 Å². The summed E-state index contributed by atoms with van der Waals surface area (Å²) in [6, 6.07) is 0. The molecule has 0 radical (unpaired) electrons. The van der Waals surface area contributed by atoms with E-state index in [0.717, 1.165) is 6.42 Å². The lowest BCUT2D eigenvalue weighted by Crippen LogP contribution is -2.67. The second-order valence-corrected chi connectivity index (χ2v) is 6.69. The Hall–Kier alpha value is -0.870. The minimum Gasteiger partial charge on any atom is -0.458 e. The number of ether oxygens (including phenoxy) is 1. The Bertz CT molecular complexity index is 445. The predicted octanol–water partition coefficient (Wildman–Crippen LogP) is 1.41. The summed E-state index contributed by atoms with van der Waals surface area (Å²) in [6.07, 6.45) is 1.60. The van der Waals surface area contributed by atoms with Crippen LogP contribution in [0, 0.1) is 17.3 Å². The van der Waals surface area contributed by atoms with Crippen molar-refractivity contribution in [2.24, 2.45) is 17.3 Å². The first kappa shape index (κ1) is 13.1. The zero-order chi connectivity index (χ0) is 14.0. The number of carbonyl (C=O) groups excluding carboxylic acids is 1. The Balaban J connectivity index is 2.08. The summed E-state index contributed by atoms with van der Waals surface area (Å²) < 4.78 is 5.47. The van der Waals surface area contributed by atoms with Gasteiger partial charge in [-0.05, 0) is 31.3 Å². The highest BCUT2D eigenvalue weighted by Gasteiger charge is 2.67. The van der Waals surface area contributed by atoms with Crippen LogP contribution in [-0.4, -0.2) is 34.0 Å². The van der Waals surface area contributed by atoms with Crippen LogP contribution in [0.1, 0.15) is 39.5 Å². The lowest BCUT2D eigenvalue weighted by molar-refractivity contribution is -0.216. The van der Waals surface area contributed by atoms with Crippen LogP contribution in [-0.2, 0) is 9.53 Å². The topological polar surface area (TPSA) is 66.8 Å². The number of aliphatic hydroxyl groups is 2. The molecule has 0 amide bonds. The minimum atomic E-state index is -1.28. The van der Waals surface area contributed by atoms with Crippen molar-refractivity contribution in [1.29, 1.82) is 0 Å². The lowest BCUT2D eigenvalue weighted by Gasteiger charge is -2.58. The van der Waals surface area contributed by atoms with Crippen molar-refractivity contribution in [2.45, 2.75) is 57.3 Å². The van der Waals surface area contributed by atoms with Gasteiger partial charge < -0.3 is 14.9 Å². The monoisotopic (exact) mass is 266 g/mol. The molecule has 0 aromatic carbocycles. The van der Waals surface area contributed by atoms with Crippen molar-refractivity contribution >= 4 is 5.97 Å². The van der Waals surface area contributed by atoms with Gasteiger partial charge in [-0.2, -0.15) is 0 Å². The Labute approximate surface area is 113 Å². The van der Waals surface area contributed by atoms with Crippen molar-refractivity contribution in [3.8, 4) is 0 Å². The molecule has 2 aliphatic carbocycles. The molecule has 0 spiro atoms. The molecule has 3 aliphatic rings. The number of aliphatic hydroxyl groups excluding tert-OH is 1. The van der Waals surface area contributed by atoms with Crippen LogP contribution in [0.25, 0.3) is 0 Å². The molecule has 4 nitrogen and oxygen atoms in total. The van der Waals surface area contributed by atoms with Gasteiger partial charge in [-0.1, -0.05) is 20.4 Å². The Kier molecular flexibility index (Phi) is 2.64. The smallest absolute Gasteiger partial charge is 0.309 e. The number of hydrogen-bond acceptors (Lipinski definition) is 4. The van der Waals surface area contributed by atoms with Gasteiger partial charge in [-0.25, -0.2) is 0 Å². The van der Waals surface area contributed by atoms with E-state index >= 15 is 0 Å². The molecular formula is C15H22O4. The average molecular weight is 266 g/mol. The molecule has 2 saturated carbocycles. The number of hydrogen-bond donors (Lipinski definition) is 2. The second-order valence-electron chi connectivity index (χ2n) is 6.69. The summed E-state index contributed by atoms with van der Waals surface area (Å²) in [5.74, 6) is -0.376. The zero-order valence-electron chi connectivity index (χ0n) is 11.6. The number of esters is 1. The van der Waals surface area contributed by atoms with Crippen molar-refractivity contribution in [2.75, 3.05) is 0 Å². The molecule has 19 heavy (non-hydrogen) atoms. The third-order valence-corrected chi connectivity index (χ3v) is 5.92. The van der Waals surface area contributed by atoms with Crippen LogP contribution in [0.2, 0.25) is 0 Å². The second kappa shape index (κ2) is 3.83. The molecule has 2 N–H and O–H groups in total. The summed E-state index contributed by atoms with van der Waals surface area (Å²) in [6.45, 7) is 7.77. The first-order chi connectivity index (χ1) is 8.82. The molecule has 1 heterocycles. The largest absolute Gasteiger partial charge is 0.458 e. The van der Waals surface area contributed by atoms with Gasteiger partial charge in [-0.15, -0.1) is 0 Å². The van der Waals surface area contributed by atoms with Gasteiger partial charge in [-0.3, -0.25) is 4.79 Å². The number of rotatable bonds is 0. The van der Waals surface area contributed by atoms with Crippen LogP contribution >= 0.6 is 0 Å². The van der Waals surface area contributed by atoms with Gasteiger partial charge in [0.2, 0.25) is 0 Å². The molecule has 0 aromatic rings. The summed E-state index contributed by atoms with van der Waals surface area (Å²) >= 11 is 0. The number of carbonyl (C=O) groups is 1. The highest BCUT2D eigenvalue weighted by atomic mass is 16.6. The third-order valence-electron chi connectivity index (χ3n) is 5.92. The standard InChI is InChI=1S/C15H22O4/c1-8-4-5-11(16)14(3)7-6-10-9(2)13(17)19-12(10)15(8,14)18/h9-12,16,18H,1,4-7H2,2-3H3/t9-,10+,11+,12-,14-,15-/m1/s1. The van der Waals surface area contributed by atoms with Gasteiger partial charge in [0.15, 0.2) is 0 Å². The van der Waals surface area contributed by atoms with Crippen LogP contribution in [0.5, 0.6) is 0 Å². The number of fused-ring (bicyclic) bond motifs is 3. The first-order valence-electron chi connectivity index (χ1n) is 7.11.